The van der Waals surface area contributed by atoms with Gasteiger partial charge in [0.2, 0.25) is 0 Å². The molecule has 0 aliphatic rings. The molecule has 0 spiro atoms. The molecule has 0 aliphatic carbocycles. The molecular weight excluding hydrogens is 385 g/mol. The summed E-state index contributed by atoms with van der Waals surface area (Å²) in [7, 11) is 3.31. The van der Waals surface area contributed by atoms with Crippen LogP contribution < -0.4 is 0 Å². The zero-order valence-electron chi connectivity index (χ0n) is 10.1. The first-order chi connectivity index (χ1) is 8.43. The SMILES string of the molecule is COCC(Cl)CN(C)C(=O)c1cc(Br)cc(Br)c1. The van der Waals surface area contributed by atoms with Crippen molar-refractivity contribution in [2.45, 2.75) is 5.38 Å². The molecule has 0 saturated carbocycles. The molecule has 3 nitrogen and oxygen atoms in total. The summed E-state index contributed by atoms with van der Waals surface area (Å²) < 4.78 is 6.65. The molecule has 100 valence electrons. The molecule has 1 aromatic carbocycles. The minimum atomic E-state index is -0.209. The number of amides is 1. The lowest BCUT2D eigenvalue weighted by molar-refractivity contribution is 0.0781. The summed E-state index contributed by atoms with van der Waals surface area (Å²) in [5.41, 5.74) is 0.611. The molecule has 1 amide bonds. The number of benzene rings is 1. The number of rotatable bonds is 5. The first kappa shape index (κ1) is 16.0. The van der Waals surface area contributed by atoms with Crippen molar-refractivity contribution in [1.29, 1.82) is 0 Å². The van der Waals surface area contributed by atoms with Gasteiger partial charge in [-0.15, -0.1) is 11.6 Å². The van der Waals surface area contributed by atoms with Crippen LogP contribution in [0, 0.1) is 0 Å². The molecule has 0 aliphatic heterocycles. The average molecular weight is 400 g/mol. The Hall–Kier alpha value is -0.100. The normalized spacial score (nSPS) is 12.3. The van der Waals surface area contributed by atoms with Crippen LogP contribution in [0.3, 0.4) is 0 Å². The van der Waals surface area contributed by atoms with E-state index in [0.29, 0.717) is 18.7 Å². The van der Waals surface area contributed by atoms with Crippen molar-refractivity contribution in [1.82, 2.24) is 4.90 Å². The van der Waals surface area contributed by atoms with E-state index in [9.17, 15) is 4.79 Å². The second-order valence-corrected chi connectivity index (χ2v) is 6.34. The molecule has 0 N–H and O–H groups in total. The summed E-state index contributed by atoms with van der Waals surface area (Å²) in [6.45, 7) is 0.861. The second kappa shape index (κ2) is 7.48. The van der Waals surface area contributed by atoms with Crippen LogP contribution in [-0.4, -0.2) is 43.5 Å². The molecule has 1 atom stereocenters. The van der Waals surface area contributed by atoms with Crippen molar-refractivity contribution < 1.29 is 9.53 Å². The van der Waals surface area contributed by atoms with Gasteiger partial charge in [0.1, 0.15) is 0 Å². The maximum Gasteiger partial charge on any atom is 0.253 e. The molecule has 6 heteroatoms. The maximum absolute atomic E-state index is 12.2. The highest BCUT2D eigenvalue weighted by atomic mass is 79.9. The Morgan fingerprint density at radius 2 is 1.94 bits per heavy atom. The highest BCUT2D eigenvalue weighted by molar-refractivity contribution is 9.11. The van der Waals surface area contributed by atoms with Crippen LogP contribution in [0.5, 0.6) is 0 Å². The van der Waals surface area contributed by atoms with Crippen LogP contribution in [0.2, 0.25) is 0 Å². The van der Waals surface area contributed by atoms with Crippen molar-refractivity contribution in [2.24, 2.45) is 0 Å². The number of hydrogen-bond donors (Lipinski definition) is 0. The number of nitrogens with zero attached hydrogens (tertiary/aromatic N) is 1. The fourth-order valence-electron chi connectivity index (χ4n) is 1.51. The van der Waals surface area contributed by atoms with Crippen LogP contribution >= 0.6 is 43.5 Å². The Balaban J connectivity index is 2.74. The van der Waals surface area contributed by atoms with Gasteiger partial charge in [0.05, 0.1) is 12.0 Å². The van der Waals surface area contributed by atoms with Gasteiger partial charge in [-0.3, -0.25) is 4.79 Å². The lowest BCUT2D eigenvalue weighted by Gasteiger charge is -2.20. The van der Waals surface area contributed by atoms with E-state index in [2.05, 4.69) is 31.9 Å². The topological polar surface area (TPSA) is 29.5 Å². The quantitative estimate of drug-likeness (QED) is 0.709. The van der Waals surface area contributed by atoms with E-state index in [-0.39, 0.29) is 11.3 Å². The summed E-state index contributed by atoms with van der Waals surface area (Å²) in [5, 5.41) is -0.209. The minimum Gasteiger partial charge on any atom is -0.383 e. The van der Waals surface area contributed by atoms with Gasteiger partial charge in [-0.25, -0.2) is 0 Å². The monoisotopic (exact) mass is 397 g/mol. The van der Waals surface area contributed by atoms with Gasteiger partial charge in [0.25, 0.3) is 5.91 Å². The van der Waals surface area contributed by atoms with Gasteiger partial charge in [-0.1, -0.05) is 31.9 Å². The second-order valence-electron chi connectivity index (χ2n) is 3.90. The lowest BCUT2D eigenvalue weighted by Crippen LogP contribution is -2.33. The van der Waals surface area contributed by atoms with E-state index in [1.165, 1.54) is 0 Å². The van der Waals surface area contributed by atoms with E-state index in [1.807, 2.05) is 6.07 Å². The van der Waals surface area contributed by atoms with Gasteiger partial charge >= 0.3 is 0 Å². The van der Waals surface area contributed by atoms with E-state index in [0.717, 1.165) is 8.95 Å². The predicted molar refractivity (Wildman–Crippen MR) is 80.3 cm³/mol. The highest BCUT2D eigenvalue weighted by Crippen LogP contribution is 2.21. The molecule has 0 heterocycles. The first-order valence-electron chi connectivity index (χ1n) is 5.28. The number of alkyl halides is 1. The standard InChI is InChI=1S/C12H14Br2ClNO2/c1-16(6-11(15)7-18-2)12(17)8-3-9(13)5-10(14)4-8/h3-5,11H,6-7H2,1-2H3. The van der Waals surface area contributed by atoms with E-state index < -0.39 is 0 Å². The number of carbonyl (C=O) groups is 1. The summed E-state index contributed by atoms with van der Waals surface area (Å²) >= 11 is 12.8. The third-order valence-corrected chi connectivity index (χ3v) is 3.46. The molecule has 0 aromatic heterocycles. The average Bonchev–Trinajstić information content (AvgIpc) is 2.26. The van der Waals surface area contributed by atoms with Crippen molar-refractivity contribution in [3.8, 4) is 0 Å². The lowest BCUT2D eigenvalue weighted by atomic mass is 10.2. The van der Waals surface area contributed by atoms with Crippen LogP contribution in [-0.2, 0) is 4.74 Å². The van der Waals surface area contributed by atoms with Crippen LogP contribution in [0.4, 0.5) is 0 Å². The summed E-state index contributed by atoms with van der Waals surface area (Å²) in [4.78, 5) is 13.8. The molecule has 0 bridgehead atoms. The zero-order chi connectivity index (χ0) is 13.7. The molecule has 1 rings (SSSR count). The molecule has 1 unspecified atom stereocenters. The Kier molecular flexibility index (Phi) is 6.63. The number of ether oxygens (including phenoxy) is 1. The van der Waals surface area contributed by atoms with Gasteiger partial charge in [0, 0.05) is 35.2 Å². The number of methoxy groups -OCH3 is 1. The maximum atomic E-state index is 12.2. The van der Waals surface area contributed by atoms with Crippen LogP contribution in [0.1, 0.15) is 10.4 Å². The third kappa shape index (κ3) is 4.88. The smallest absolute Gasteiger partial charge is 0.253 e. The summed E-state index contributed by atoms with van der Waals surface area (Å²) in [6.07, 6.45) is 0. The zero-order valence-corrected chi connectivity index (χ0v) is 14.0. The highest BCUT2D eigenvalue weighted by Gasteiger charge is 2.16. The molecule has 1 aromatic rings. The van der Waals surface area contributed by atoms with E-state index in [1.54, 1.807) is 31.2 Å². The number of halogens is 3. The number of hydrogen-bond acceptors (Lipinski definition) is 2. The van der Waals surface area contributed by atoms with Crippen molar-refractivity contribution in [3.05, 3.63) is 32.7 Å². The van der Waals surface area contributed by atoms with Crippen molar-refractivity contribution in [3.63, 3.8) is 0 Å². The molecule has 0 fully saturated rings. The Morgan fingerprint density at radius 1 is 1.39 bits per heavy atom. The van der Waals surface area contributed by atoms with Gasteiger partial charge in [0.15, 0.2) is 0 Å². The van der Waals surface area contributed by atoms with Gasteiger partial charge < -0.3 is 9.64 Å². The molecular formula is C12H14Br2ClNO2. The largest absolute Gasteiger partial charge is 0.383 e. The van der Waals surface area contributed by atoms with Crippen LogP contribution in [0.15, 0.2) is 27.1 Å². The van der Waals surface area contributed by atoms with Gasteiger partial charge in [-0.2, -0.15) is 0 Å². The molecule has 18 heavy (non-hydrogen) atoms. The fraction of sp³-hybridized carbons (Fsp3) is 0.417. The summed E-state index contributed by atoms with van der Waals surface area (Å²) in [5.74, 6) is -0.0706. The number of carbonyl (C=O) groups excluding carboxylic acids is 1. The Labute approximate surface area is 129 Å². The first-order valence-corrected chi connectivity index (χ1v) is 7.31. The van der Waals surface area contributed by atoms with Gasteiger partial charge in [-0.05, 0) is 18.2 Å². The molecule has 0 saturated heterocycles. The predicted octanol–water partition coefficient (Wildman–Crippen LogP) is 3.54. The minimum absolute atomic E-state index is 0.0706. The van der Waals surface area contributed by atoms with Crippen LogP contribution in [0.25, 0.3) is 0 Å². The van der Waals surface area contributed by atoms with Crippen molar-refractivity contribution >= 4 is 49.4 Å². The molecule has 0 radical (unpaired) electrons. The fourth-order valence-corrected chi connectivity index (χ4v) is 3.14. The summed E-state index contributed by atoms with van der Waals surface area (Å²) in [6, 6.07) is 5.44. The Morgan fingerprint density at radius 3 is 2.44 bits per heavy atom. The Bertz CT molecular complexity index is 408. The van der Waals surface area contributed by atoms with E-state index in [4.69, 9.17) is 16.3 Å². The van der Waals surface area contributed by atoms with Crippen molar-refractivity contribution in [2.75, 3.05) is 27.3 Å². The third-order valence-electron chi connectivity index (χ3n) is 2.28. The van der Waals surface area contributed by atoms with E-state index >= 15 is 0 Å².